The first-order valence-corrected chi connectivity index (χ1v) is 6.41. The lowest BCUT2D eigenvalue weighted by atomic mass is 10.2. The Bertz CT molecular complexity index is 723. The van der Waals surface area contributed by atoms with E-state index in [-0.39, 0.29) is 5.56 Å². The van der Waals surface area contributed by atoms with Crippen molar-refractivity contribution in [3.63, 3.8) is 0 Å². The summed E-state index contributed by atoms with van der Waals surface area (Å²) in [6.07, 6.45) is 0. The molecule has 0 aliphatic rings. The predicted octanol–water partition coefficient (Wildman–Crippen LogP) is 3.82. The lowest BCUT2D eigenvalue weighted by molar-refractivity contribution is 0.102. The zero-order chi connectivity index (χ0) is 14.7. The van der Waals surface area contributed by atoms with Gasteiger partial charge in [0.15, 0.2) is 0 Å². The first-order chi connectivity index (χ1) is 9.51. The number of hydrogen-bond acceptors (Lipinski definition) is 3. The Morgan fingerprint density at radius 2 is 2.05 bits per heavy atom. The van der Waals surface area contributed by atoms with Crippen LogP contribution in [0.5, 0.6) is 0 Å². The summed E-state index contributed by atoms with van der Waals surface area (Å²) < 4.78 is 0. The maximum absolute atomic E-state index is 12.1. The molecule has 4 nitrogen and oxygen atoms in total. The average molecular weight is 306 g/mol. The van der Waals surface area contributed by atoms with Crippen molar-refractivity contribution in [2.24, 2.45) is 0 Å². The highest BCUT2D eigenvalue weighted by atomic mass is 35.5. The van der Waals surface area contributed by atoms with Gasteiger partial charge in [-0.25, -0.2) is 4.98 Å². The third-order valence-electron chi connectivity index (χ3n) is 2.62. The third-order valence-corrected chi connectivity index (χ3v) is 3.19. The Kier molecular flexibility index (Phi) is 4.23. The van der Waals surface area contributed by atoms with Gasteiger partial charge < -0.3 is 5.32 Å². The zero-order valence-electron chi connectivity index (χ0n) is 10.4. The smallest absolute Gasteiger partial charge is 0.258 e. The number of anilines is 1. The van der Waals surface area contributed by atoms with Crippen LogP contribution >= 0.6 is 23.2 Å². The first kappa shape index (κ1) is 14.3. The number of rotatable bonds is 2. The number of pyridine rings is 1. The quantitative estimate of drug-likeness (QED) is 0.917. The monoisotopic (exact) mass is 305 g/mol. The molecule has 6 heteroatoms. The molecule has 0 atom stereocenters. The molecule has 2 aromatic rings. The molecule has 1 aromatic heterocycles. The number of nitrogens with one attached hydrogen (secondary N) is 1. The van der Waals surface area contributed by atoms with Crippen LogP contribution < -0.4 is 5.32 Å². The van der Waals surface area contributed by atoms with Crippen LogP contribution in [0.25, 0.3) is 0 Å². The summed E-state index contributed by atoms with van der Waals surface area (Å²) in [5.41, 5.74) is 1.27. The Hall–Kier alpha value is -2.09. The number of carbonyl (C=O) groups is 1. The van der Waals surface area contributed by atoms with Gasteiger partial charge in [0.25, 0.3) is 5.91 Å². The Morgan fingerprint density at radius 3 is 2.70 bits per heavy atom. The second-order valence-corrected chi connectivity index (χ2v) is 4.86. The van der Waals surface area contributed by atoms with Crippen molar-refractivity contribution >= 4 is 34.9 Å². The molecule has 0 unspecified atom stereocenters. The molecule has 0 radical (unpaired) electrons. The van der Waals surface area contributed by atoms with Gasteiger partial charge in [-0.05, 0) is 37.3 Å². The van der Waals surface area contributed by atoms with Crippen LogP contribution in [0.15, 0.2) is 30.3 Å². The van der Waals surface area contributed by atoms with Crippen molar-refractivity contribution in [1.82, 2.24) is 4.98 Å². The molecule has 100 valence electrons. The van der Waals surface area contributed by atoms with Crippen molar-refractivity contribution in [2.45, 2.75) is 6.92 Å². The van der Waals surface area contributed by atoms with E-state index in [1.54, 1.807) is 31.2 Å². The summed E-state index contributed by atoms with van der Waals surface area (Å²) in [5.74, 6) is -0.0587. The molecule has 1 heterocycles. The molecule has 2 rings (SSSR count). The van der Waals surface area contributed by atoms with Crippen LogP contribution in [0.1, 0.15) is 21.6 Å². The van der Waals surface area contributed by atoms with Crippen LogP contribution in [0.4, 0.5) is 5.82 Å². The number of halogens is 2. The lowest BCUT2D eigenvalue weighted by Crippen LogP contribution is -2.14. The second kappa shape index (κ2) is 5.91. The van der Waals surface area contributed by atoms with Gasteiger partial charge >= 0.3 is 0 Å². The summed E-state index contributed by atoms with van der Waals surface area (Å²) in [6.45, 7) is 1.70. The zero-order valence-corrected chi connectivity index (χ0v) is 12.0. The standard InChI is InChI=1S/C14H9Cl2N3O/c1-8-9(7-17)2-5-13(18-8)19-14(20)11-6-10(15)3-4-12(11)16/h2-6H,1H3,(H,18,19,20). The van der Waals surface area contributed by atoms with E-state index in [9.17, 15) is 4.79 Å². The molecular weight excluding hydrogens is 297 g/mol. The van der Waals surface area contributed by atoms with Crippen LogP contribution in [0.3, 0.4) is 0 Å². The number of aryl methyl sites for hydroxylation is 1. The fourth-order valence-corrected chi connectivity index (χ4v) is 1.98. The molecule has 20 heavy (non-hydrogen) atoms. The normalized spacial score (nSPS) is 9.90. The van der Waals surface area contributed by atoms with E-state index in [1.807, 2.05) is 6.07 Å². The van der Waals surface area contributed by atoms with Crippen LogP contribution in [0, 0.1) is 18.3 Å². The van der Waals surface area contributed by atoms with Gasteiger partial charge in [0.2, 0.25) is 0 Å². The number of carbonyl (C=O) groups excluding carboxylic acids is 1. The topological polar surface area (TPSA) is 65.8 Å². The van der Waals surface area contributed by atoms with Gasteiger partial charge in [0, 0.05) is 5.02 Å². The van der Waals surface area contributed by atoms with Crippen molar-refractivity contribution < 1.29 is 4.79 Å². The summed E-state index contributed by atoms with van der Waals surface area (Å²) in [6, 6.07) is 9.80. The minimum atomic E-state index is -0.408. The van der Waals surface area contributed by atoms with Gasteiger partial charge in [-0.3, -0.25) is 4.79 Å². The molecule has 1 aromatic carbocycles. The molecule has 0 aliphatic heterocycles. The van der Waals surface area contributed by atoms with Crippen LogP contribution in [-0.2, 0) is 0 Å². The molecule has 0 fully saturated rings. The highest BCUT2D eigenvalue weighted by molar-refractivity contribution is 6.36. The second-order valence-electron chi connectivity index (χ2n) is 4.02. The summed E-state index contributed by atoms with van der Waals surface area (Å²) in [4.78, 5) is 16.2. The molecular formula is C14H9Cl2N3O. The molecule has 0 bridgehead atoms. The van der Waals surface area contributed by atoms with Crippen LogP contribution in [0.2, 0.25) is 10.0 Å². The van der Waals surface area contributed by atoms with Gasteiger partial charge in [0.05, 0.1) is 21.8 Å². The number of hydrogen-bond donors (Lipinski definition) is 1. The SMILES string of the molecule is Cc1nc(NC(=O)c2cc(Cl)ccc2Cl)ccc1C#N. The van der Waals surface area contributed by atoms with E-state index in [0.717, 1.165) is 0 Å². The molecule has 0 saturated heterocycles. The Balaban J connectivity index is 2.26. The average Bonchev–Trinajstić information content (AvgIpc) is 2.41. The number of amides is 1. The third kappa shape index (κ3) is 3.08. The maximum Gasteiger partial charge on any atom is 0.258 e. The molecule has 1 amide bonds. The fraction of sp³-hybridized carbons (Fsp3) is 0.0714. The molecule has 1 N–H and O–H groups in total. The Morgan fingerprint density at radius 1 is 1.30 bits per heavy atom. The maximum atomic E-state index is 12.1. The van der Waals surface area contributed by atoms with E-state index < -0.39 is 5.91 Å². The van der Waals surface area contributed by atoms with E-state index in [4.69, 9.17) is 28.5 Å². The lowest BCUT2D eigenvalue weighted by Gasteiger charge is -2.07. The van der Waals surface area contributed by atoms with E-state index in [2.05, 4.69) is 10.3 Å². The van der Waals surface area contributed by atoms with E-state index in [1.165, 1.54) is 6.07 Å². The molecule has 0 spiro atoms. The van der Waals surface area contributed by atoms with Crippen molar-refractivity contribution in [3.05, 3.63) is 57.2 Å². The number of nitriles is 1. The van der Waals surface area contributed by atoms with Gasteiger partial charge in [-0.1, -0.05) is 23.2 Å². The fourth-order valence-electron chi connectivity index (χ4n) is 1.60. The number of benzene rings is 1. The molecule has 0 saturated carbocycles. The molecule has 0 aliphatic carbocycles. The van der Waals surface area contributed by atoms with Crippen molar-refractivity contribution in [3.8, 4) is 6.07 Å². The van der Waals surface area contributed by atoms with E-state index in [0.29, 0.717) is 27.1 Å². The van der Waals surface area contributed by atoms with Gasteiger partial charge in [-0.2, -0.15) is 5.26 Å². The summed E-state index contributed by atoms with van der Waals surface area (Å²) in [5, 5.41) is 12.2. The minimum absolute atomic E-state index is 0.267. The van der Waals surface area contributed by atoms with Gasteiger partial charge in [0.1, 0.15) is 11.9 Å². The van der Waals surface area contributed by atoms with E-state index >= 15 is 0 Å². The number of nitrogens with zero attached hydrogens (tertiary/aromatic N) is 2. The van der Waals surface area contributed by atoms with Crippen molar-refractivity contribution in [2.75, 3.05) is 5.32 Å². The van der Waals surface area contributed by atoms with Crippen LogP contribution in [-0.4, -0.2) is 10.9 Å². The van der Waals surface area contributed by atoms with Gasteiger partial charge in [-0.15, -0.1) is 0 Å². The summed E-state index contributed by atoms with van der Waals surface area (Å²) in [7, 11) is 0. The Labute approximate surface area is 126 Å². The highest BCUT2D eigenvalue weighted by Gasteiger charge is 2.12. The highest BCUT2D eigenvalue weighted by Crippen LogP contribution is 2.21. The first-order valence-electron chi connectivity index (χ1n) is 5.65. The number of aromatic nitrogens is 1. The van der Waals surface area contributed by atoms with Crippen molar-refractivity contribution in [1.29, 1.82) is 5.26 Å². The predicted molar refractivity (Wildman–Crippen MR) is 78.1 cm³/mol. The minimum Gasteiger partial charge on any atom is -0.307 e. The summed E-state index contributed by atoms with van der Waals surface area (Å²) >= 11 is 11.8. The largest absolute Gasteiger partial charge is 0.307 e.